The van der Waals surface area contributed by atoms with Crippen LogP contribution in [0.2, 0.25) is 0 Å². The third kappa shape index (κ3) is 1.63. The maximum absolute atomic E-state index is 11.9. The maximum Gasteiger partial charge on any atom is 0.354 e. The number of amides is 1. The van der Waals surface area contributed by atoms with Gasteiger partial charge in [-0.25, -0.2) is 13.2 Å². The van der Waals surface area contributed by atoms with Gasteiger partial charge in [-0.05, 0) is 5.57 Å². The molecular formula is C9H11ClN2O5S. The Morgan fingerprint density at radius 3 is 2.72 bits per heavy atom. The molecule has 2 aliphatic rings. The highest BCUT2D eigenvalue weighted by molar-refractivity contribution is 7.92. The molecule has 7 nitrogen and oxygen atoms in total. The molecule has 1 amide bonds. The quantitative estimate of drug-likeness (QED) is 0.380. The lowest BCUT2D eigenvalue weighted by molar-refractivity contribution is -0.149. The minimum absolute atomic E-state index is 0.0981. The van der Waals surface area contributed by atoms with E-state index in [0.717, 1.165) is 12.0 Å². The Morgan fingerprint density at radius 2 is 2.22 bits per heavy atom. The molecule has 0 radical (unpaired) electrons. The van der Waals surface area contributed by atoms with Crippen LogP contribution in [0.1, 0.15) is 0 Å². The van der Waals surface area contributed by atoms with Crippen LogP contribution in [0.4, 0.5) is 0 Å². The zero-order valence-electron chi connectivity index (χ0n) is 9.42. The number of hydrogen-bond acceptors (Lipinski definition) is 6. The van der Waals surface area contributed by atoms with Crippen molar-refractivity contribution in [3.8, 4) is 0 Å². The number of fused-ring (bicyclic) bond motifs is 1. The average Bonchev–Trinajstić information content (AvgIpc) is 2.34. The van der Waals surface area contributed by atoms with Gasteiger partial charge in [0, 0.05) is 5.88 Å². The number of sulfone groups is 1. The van der Waals surface area contributed by atoms with E-state index in [9.17, 15) is 18.0 Å². The van der Waals surface area contributed by atoms with Crippen LogP contribution in [-0.2, 0) is 24.2 Å². The van der Waals surface area contributed by atoms with E-state index in [0.29, 0.717) is 0 Å². The van der Waals surface area contributed by atoms with Crippen molar-refractivity contribution in [3.05, 3.63) is 11.3 Å². The molecule has 0 saturated carbocycles. The van der Waals surface area contributed by atoms with E-state index in [2.05, 4.69) is 4.74 Å². The summed E-state index contributed by atoms with van der Waals surface area (Å²) in [6, 6.07) is -1.13. The van der Waals surface area contributed by atoms with Gasteiger partial charge < -0.3 is 10.5 Å². The number of ether oxygens (including phenoxy) is 1. The van der Waals surface area contributed by atoms with Crippen LogP contribution in [0.3, 0.4) is 0 Å². The number of nitrogens with two attached hydrogens (primary N) is 1. The molecule has 9 heteroatoms. The molecule has 0 aromatic rings. The fraction of sp³-hybridized carbons (Fsp3) is 0.556. The molecule has 2 unspecified atom stereocenters. The van der Waals surface area contributed by atoms with Crippen molar-refractivity contribution < 1.29 is 22.7 Å². The Hall–Kier alpha value is -1.12. The summed E-state index contributed by atoms with van der Waals surface area (Å²) in [5.41, 5.74) is 5.52. The van der Waals surface area contributed by atoms with E-state index in [1.54, 1.807) is 0 Å². The zero-order valence-corrected chi connectivity index (χ0v) is 11.0. The molecule has 2 heterocycles. The van der Waals surface area contributed by atoms with Crippen molar-refractivity contribution in [1.82, 2.24) is 4.90 Å². The fourth-order valence-corrected chi connectivity index (χ4v) is 4.44. The van der Waals surface area contributed by atoms with Gasteiger partial charge in [0.1, 0.15) is 11.7 Å². The van der Waals surface area contributed by atoms with Crippen LogP contribution < -0.4 is 5.73 Å². The second-order valence-corrected chi connectivity index (χ2v) is 6.37. The second-order valence-electron chi connectivity index (χ2n) is 4.01. The third-order valence-electron chi connectivity index (χ3n) is 2.94. The highest BCUT2D eigenvalue weighted by Gasteiger charge is 2.58. The Balaban J connectivity index is 2.57. The molecule has 2 aliphatic heterocycles. The predicted molar refractivity (Wildman–Crippen MR) is 62.2 cm³/mol. The van der Waals surface area contributed by atoms with Crippen molar-refractivity contribution in [2.75, 3.05) is 18.7 Å². The average molecular weight is 295 g/mol. The molecule has 2 N–H and O–H groups in total. The summed E-state index contributed by atoms with van der Waals surface area (Å²) in [6.45, 7) is 0. The maximum atomic E-state index is 11.9. The third-order valence-corrected chi connectivity index (χ3v) is 5.26. The molecule has 0 aromatic heterocycles. The number of esters is 1. The zero-order chi connectivity index (χ0) is 13.7. The van der Waals surface area contributed by atoms with E-state index < -0.39 is 33.1 Å². The van der Waals surface area contributed by atoms with Gasteiger partial charge in [-0.15, -0.1) is 11.6 Å². The van der Waals surface area contributed by atoms with E-state index >= 15 is 0 Å². The van der Waals surface area contributed by atoms with E-state index in [1.165, 1.54) is 0 Å². The fourth-order valence-electron chi connectivity index (χ4n) is 2.12. The lowest BCUT2D eigenvalue weighted by Crippen LogP contribution is -2.73. The SMILES string of the molecule is COC(=O)C1=C(CCl)CS(=O)(=O)C2C(N)C(=O)N12. The summed E-state index contributed by atoms with van der Waals surface area (Å²) in [5, 5.41) is -1.19. The van der Waals surface area contributed by atoms with Gasteiger partial charge in [-0.1, -0.05) is 0 Å². The highest BCUT2D eigenvalue weighted by atomic mass is 35.5. The molecule has 2 rings (SSSR count). The first-order valence-corrected chi connectivity index (χ1v) is 7.26. The van der Waals surface area contributed by atoms with Gasteiger partial charge in [0.15, 0.2) is 15.2 Å². The predicted octanol–water partition coefficient (Wildman–Crippen LogP) is -1.42. The summed E-state index contributed by atoms with van der Waals surface area (Å²) in [5.74, 6) is -1.96. The second kappa shape index (κ2) is 4.22. The highest BCUT2D eigenvalue weighted by Crippen LogP contribution is 2.36. The topological polar surface area (TPSA) is 107 Å². The number of halogens is 1. The molecule has 1 saturated heterocycles. The van der Waals surface area contributed by atoms with Gasteiger partial charge in [0.25, 0.3) is 0 Å². The van der Waals surface area contributed by atoms with Crippen LogP contribution in [-0.4, -0.2) is 55.4 Å². The van der Waals surface area contributed by atoms with Crippen molar-refractivity contribution in [1.29, 1.82) is 0 Å². The summed E-state index contributed by atoms with van der Waals surface area (Å²) in [6.07, 6.45) is 0. The molecule has 0 spiro atoms. The number of rotatable bonds is 2. The first kappa shape index (κ1) is 13.3. The molecule has 18 heavy (non-hydrogen) atoms. The largest absolute Gasteiger partial charge is 0.464 e. The van der Waals surface area contributed by atoms with Crippen molar-refractivity contribution in [2.45, 2.75) is 11.4 Å². The van der Waals surface area contributed by atoms with E-state index in [4.69, 9.17) is 17.3 Å². The molecule has 0 bridgehead atoms. The first-order chi connectivity index (χ1) is 8.35. The van der Waals surface area contributed by atoms with Gasteiger partial charge in [-0.2, -0.15) is 0 Å². The monoisotopic (exact) mass is 294 g/mol. The smallest absolute Gasteiger partial charge is 0.354 e. The van der Waals surface area contributed by atoms with Crippen LogP contribution in [0.15, 0.2) is 11.3 Å². The van der Waals surface area contributed by atoms with Crippen molar-refractivity contribution in [3.63, 3.8) is 0 Å². The minimum atomic E-state index is -3.61. The molecule has 100 valence electrons. The Labute approximate surface area is 108 Å². The van der Waals surface area contributed by atoms with Crippen molar-refractivity contribution in [2.24, 2.45) is 5.73 Å². The Bertz CT molecular complexity index is 555. The summed E-state index contributed by atoms with van der Waals surface area (Å²) in [7, 11) is -2.47. The van der Waals surface area contributed by atoms with Gasteiger partial charge >= 0.3 is 5.97 Å². The Kier molecular flexibility index (Phi) is 3.12. The summed E-state index contributed by atoms with van der Waals surface area (Å²) < 4.78 is 28.4. The summed E-state index contributed by atoms with van der Waals surface area (Å²) >= 11 is 5.63. The van der Waals surface area contributed by atoms with E-state index in [1.807, 2.05) is 0 Å². The lowest BCUT2D eigenvalue weighted by Gasteiger charge is -2.47. The number of carbonyl (C=O) groups is 2. The van der Waals surface area contributed by atoms with Crippen LogP contribution in [0.5, 0.6) is 0 Å². The van der Waals surface area contributed by atoms with Crippen LogP contribution in [0, 0.1) is 0 Å². The van der Waals surface area contributed by atoms with Gasteiger partial charge in [0.2, 0.25) is 5.91 Å². The van der Waals surface area contributed by atoms with Gasteiger partial charge in [-0.3, -0.25) is 9.69 Å². The number of β-lactam (4-membered cyclic amide) rings is 1. The Morgan fingerprint density at radius 1 is 1.61 bits per heavy atom. The van der Waals surface area contributed by atoms with Gasteiger partial charge in [0.05, 0.1) is 12.9 Å². The number of hydrogen-bond donors (Lipinski definition) is 1. The number of nitrogens with zero attached hydrogens (tertiary/aromatic N) is 1. The van der Waals surface area contributed by atoms with Crippen LogP contribution in [0.25, 0.3) is 0 Å². The number of alkyl halides is 1. The normalized spacial score (nSPS) is 29.7. The molecular weight excluding hydrogens is 284 g/mol. The summed E-state index contributed by atoms with van der Waals surface area (Å²) in [4.78, 5) is 24.1. The lowest BCUT2D eigenvalue weighted by atomic mass is 10.0. The van der Waals surface area contributed by atoms with Crippen molar-refractivity contribution >= 4 is 33.3 Å². The van der Waals surface area contributed by atoms with E-state index in [-0.39, 0.29) is 22.9 Å². The molecule has 2 atom stereocenters. The first-order valence-electron chi connectivity index (χ1n) is 5.01. The molecule has 0 aromatic carbocycles. The number of methoxy groups -OCH3 is 1. The number of carbonyl (C=O) groups excluding carboxylic acids is 2. The molecule has 0 aliphatic carbocycles. The standard InChI is InChI=1S/C9H11ClN2O5S/c1-17-9(14)6-4(2-10)3-18(15,16)8-5(11)7(13)12(6)8/h5,8H,2-3,11H2,1H3. The van der Waals surface area contributed by atoms with Crippen LogP contribution >= 0.6 is 11.6 Å². The molecule has 1 fully saturated rings. The minimum Gasteiger partial charge on any atom is -0.464 e.